The number of aryl methyl sites for hydroxylation is 1. The molecule has 2 aliphatic heterocycles. The van der Waals surface area contributed by atoms with Crippen LogP contribution in [-0.4, -0.2) is 79.7 Å². The summed E-state index contributed by atoms with van der Waals surface area (Å²) in [6, 6.07) is 8.36. The molecule has 0 saturated carbocycles. The van der Waals surface area contributed by atoms with Crippen molar-refractivity contribution in [2.45, 2.75) is 25.5 Å². The monoisotopic (exact) mass is 496 g/mol. The highest BCUT2D eigenvalue weighted by molar-refractivity contribution is 6.32. The molecule has 2 aromatic heterocycles. The molecule has 2 fully saturated rings. The van der Waals surface area contributed by atoms with Gasteiger partial charge >= 0.3 is 0 Å². The molecule has 0 N–H and O–H groups in total. The number of hydrogen-bond acceptors (Lipinski definition) is 8. The summed E-state index contributed by atoms with van der Waals surface area (Å²) >= 11 is 6.29. The van der Waals surface area contributed by atoms with E-state index >= 15 is 0 Å². The third kappa shape index (κ3) is 4.60. The first-order valence-electron chi connectivity index (χ1n) is 11.2. The first-order valence-corrected chi connectivity index (χ1v) is 11.5. The van der Waals surface area contributed by atoms with Gasteiger partial charge in [-0.25, -0.2) is 9.37 Å². The second-order valence-corrected chi connectivity index (χ2v) is 8.97. The number of carbonyl (C=O) groups excluding carboxylic acids is 1. The van der Waals surface area contributed by atoms with E-state index in [0.717, 1.165) is 11.3 Å². The van der Waals surface area contributed by atoms with Gasteiger partial charge in [0.2, 0.25) is 5.91 Å². The van der Waals surface area contributed by atoms with Gasteiger partial charge in [-0.05, 0) is 35.0 Å². The summed E-state index contributed by atoms with van der Waals surface area (Å²) in [5.74, 6) is -0.0148. The van der Waals surface area contributed by atoms with Crippen LogP contribution in [-0.2, 0) is 16.0 Å². The number of fused-ring (bicyclic) bond motifs is 1. The van der Waals surface area contributed by atoms with Crippen LogP contribution in [0.1, 0.15) is 28.5 Å². The van der Waals surface area contributed by atoms with Crippen molar-refractivity contribution in [3.05, 3.63) is 63.8 Å². The maximum Gasteiger partial charge on any atom is 0.227 e. The number of halogens is 2. The maximum atomic E-state index is 13.8. The van der Waals surface area contributed by atoms with Crippen LogP contribution >= 0.6 is 11.6 Å². The molecule has 1 amide bonds. The summed E-state index contributed by atoms with van der Waals surface area (Å²) in [6.45, 7) is 4.67. The van der Waals surface area contributed by atoms with Crippen LogP contribution in [0.4, 0.5) is 4.39 Å². The zero-order valence-corrected chi connectivity index (χ0v) is 19.7. The lowest BCUT2D eigenvalue weighted by Crippen LogP contribution is -2.59. The summed E-state index contributed by atoms with van der Waals surface area (Å²) in [6.07, 6.45) is 1.36. The van der Waals surface area contributed by atoms with Gasteiger partial charge in [0.15, 0.2) is 5.82 Å². The number of nitriles is 1. The lowest BCUT2D eigenvalue weighted by molar-refractivity contribution is -0.139. The molecule has 0 unspecified atom stereocenters. The van der Waals surface area contributed by atoms with E-state index in [-0.39, 0.29) is 35.1 Å². The molecule has 0 radical (unpaired) electrons. The van der Waals surface area contributed by atoms with Crippen LogP contribution in [0.25, 0.3) is 5.82 Å². The van der Waals surface area contributed by atoms with Gasteiger partial charge in [-0.3, -0.25) is 9.69 Å². The van der Waals surface area contributed by atoms with Gasteiger partial charge < -0.3 is 9.64 Å². The fraction of sp³-hybridized carbons (Fsp3) is 0.391. The highest BCUT2D eigenvalue weighted by atomic mass is 35.5. The number of morpholine rings is 1. The zero-order chi connectivity index (χ0) is 24.5. The van der Waals surface area contributed by atoms with Crippen molar-refractivity contribution in [3.63, 3.8) is 0 Å². The largest absolute Gasteiger partial charge is 0.370 e. The second-order valence-electron chi connectivity index (χ2n) is 8.59. The molecule has 5 rings (SSSR count). The maximum absolute atomic E-state index is 13.8. The number of carbonyl (C=O) groups is 1. The molecule has 0 aliphatic carbocycles. The molecule has 10 nitrogen and oxygen atoms in total. The van der Waals surface area contributed by atoms with Crippen LogP contribution in [0.2, 0.25) is 5.02 Å². The summed E-state index contributed by atoms with van der Waals surface area (Å²) in [4.78, 5) is 21.7. The fourth-order valence-corrected chi connectivity index (χ4v) is 4.87. The second kappa shape index (κ2) is 9.65. The van der Waals surface area contributed by atoms with Gasteiger partial charge in [0.05, 0.1) is 30.2 Å². The molecule has 4 heterocycles. The number of ether oxygens (including phenoxy) is 1. The highest BCUT2D eigenvalue weighted by Crippen LogP contribution is 2.34. The van der Waals surface area contributed by atoms with E-state index < -0.39 is 5.82 Å². The van der Waals surface area contributed by atoms with Crippen LogP contribution in [0.15, 0.2) is 30.6 Å². The minimum absolute atomic E-state index is 0.0343. The molecular weight excluding hydrogens is 475 g/mol. The number of piperazine rings is 1. The molecule has 2 saturated heterocycles. The van der Waals surface area contributed by atoms with Crippen molar-refractivity contribution >= 4 is 17.5 Å². The Balaban J connectivity index is 1.21. The Bertz CT molecular complexity index is 1300. The number of nitrogens with zero attached hydrogens (tertiary/aromatic N) is 8. The van der Waals surface area contributed by atoms with Crippen molar-refractivity contribution < 1.29 is 13.9 Å². The third-order valence-electron chi connectivity index (χ3n) is 6.53. The first-order chi connectivity index (χ1) is 16.9. The molecule has 12 heteroatoms. The van der Waals surface area contributed by atoms with Gasteiger partial charge in [0.1, 0.15) is 23.8 Å². The predicted molar refractivity (Wildman–Crippen MR) is 122 cm³/mol. The topological polar surface area (TPSA) is 113 Å². The number of tetrazole rings is 1. The smallest absolute Gasteiger partial charge is 0.227 e. The lowest BCUT2D eigenvalue weighted by atomic mass is 10.0. The van der Waals surface area contributed by atoms with Gasteiger partial charge in [-0.2, -0.15) is 9.94 Å². The van der Waals surface area contributed by atoms with E-state index in [9.17, 15) is 14.4 Å². The molecule has 1 aromatic carbocycles. The molecule has 180 valence electrons. The van der Waals surface area contributed by atoms with E-state index in [1.807, 2.05) is 24.0 Å². The normalized spacial score (nSPS) is 20.3. The van der Waals surface area contributed by atoms with Crippen LogP contribution in [0.3, 0.4) is 0 Å². The molecule has 2 aliphatic rings. The molecule has 0 bridgehead atoms. The van der Waals surface area contributed by atoms with Crippen molar-refractivity contribution in [2.75, 3.05) is 32.8 Å². The number of pyridine rings is 1. The summed E-state index contributed by atoms with van der Waals surface area (Å²) in [5, 5.41) is 20.4. The van der Waals surface area contributed by atoms with E-state index in [1.165, 1.54) is 17.1 Å². The number of amides is 1. The number of hydrogen-bond donors (Lipinski definition) is 0. The van der Waals surface area contributed by atoms with Crippen molar-refractivity contribution in [1.29, 1.82) is 5.26 Å². The molecule has 35 heavy (non-hydrogen) atoms. The molecule has 2 atom stereocenters. The van der Waals surface area contributed by atoms with Crippen molar-refractivity contribution in [3.8, 4) is 11.9 Å². The van der Waals surface area contributed by atoms with E-state index in [1.54, 1.807) is 12.1 Å². The standard InChI is InChI=1S/C23H22ClFN8O2/c1-14-15(2-5-21(28-14)33-13-27-29-30-33)8-22(34)32-7-6-31-11-20(35-12-16(31)10-32)17-3-4-19(25)18(9-26)23(17)24/h2-5,13,16,20H,6-8,10-12H2,1H3/t16-,20-/m0/s1. The Morgan fingerprint density at radius 2 is 2.14 bits per heavy atom. The van der Waals surface area contributed by atoms with Gasteiger partial charge in [0, 0.05) is 37.4 Å². The van der Waals surface area contributed by atoms with Gasteiger partial charge in [-0.15, -0.1) is 5.10 Å². The number of aromatic nitrogens is 5. The number of benzene rings is 1. The summed E-state index contributed by atoms with van der Waals surface area (Å²) in [5.41, 5.74) is 2.05. The Labute approximate surface area is 205 Å². The predicted octanol–water partition coefficient (Wildman–Crippen LogP) is 1.86. The minimum atomic E-state index is -0.641. The van der Waals surface area contributed by atoms with Crippen molar-refractivity contribution in [2.24, 2.45) is 0 Å². The Hall–Kier alpha value is -3.46. The van der Waals surface area contributed by atoms with E-state index in [0.29, 0.717) is 44.2 Å². The summed E-state index contributed by atoms with van der Waals surface area (Å²) in [7, 11) is 0. The SMILES string of the molecule is Cc1nc(-n2cnnn2)ccc1CC(=O)N1CCN2C[C@@H](c3ccc(F)c(C#N)c3Cl)OC[C@@H]2C1. The Morgan fingerprint density at radius 1 is 1.29 bits per heavy atom. The Kier molecular flexibility index (Phi) is 6.42. The van der Waals surface area contributed by atoms with E-state index in [2.05, 4.69) is 25.4 Å². The summed E-state index contributed by atoms with van der Waals surface area (Å²) < 4.78 is 21.4. The Morgan fingerprint density at radius 3 is 2.89 bits per heavy atom. The van der Waals surface area contributed by atoms with Crippen LogP contribution in [0.5, 0.6) is 0 Å². The van der Waals surface area contributed by atoms with E-state index in [4.69, 9.17) is 16.3 Å². The lowest BCUT2D eigenvalue weighted by Gasteiger charge is -2.46. The molecule has 3 aromatic rings. The zero-order valence-electron chi connectivity index (χ0n) is 18.9. The molecule has 0 spiro atoms. The van der Waals surface area contributed by atoms with Gasteiger partial charge in [-0.1, -0.05) is 23.7 Å². The van der Waals surface area contributed by atoms with Gasteiger partial charge in [0.25, 0.3) is 0 Å². The highest BCUT2D eigenvalue weighted by Gasteiger charge is 2.36. The van der Waals surface area contributed by atoms with Crippen molar-refractivity contribution in [1.82, 2.24) is 35.0 Å². The average Bonchev–Trinajstić information content (AvgIpc) is 3.40. The number of rotatable bonds is 4. The average molecular weight is 497 g/mol. The quantitative estimate of drug-likeness (QED) is 0.538. The third-order valence-corrected chi connectivity index (χ3v) is 6.94. The first kappa shape index (κ1) is 23.3. The van der Waals surface area contributed by atoms with Crippen LogP contribution < -0.4 is 0 Å². The molecular formula is C23H22ClFN8O2. The minimum Gasteiger partial charge on any atom is -0.370 e. The fourth-order valence-electron chi connectivity index (χ4n) is 4.55. The van der Waals surface area contributed by atoms with Crippen LogP contribution in [0, 0.1) is 24.1 Å².